The van der Waals surface area contributed by atoms with Crippen LogP contribution < -0.4 is 5.32 Å². The highest BCUT2D eigenvalue weighted by atomic mass is 16.5. The Kier molecular flexibility index (Phi) is 5.87. The molecule has 0 spiro atoms. The zero-order valence-corrected chi connectivity index (χ0v) is 16.8. The molecule has 1 aliphatic rings. The van der Waals surface area contributed by atoms with Crippen molar-refractivity contribution in [2.45, 2.75) is 40.7 Å². The van der Waals surface area contributed by atoms with Crippen LogP contribution in [-0.2, 0) is 11.3 Å². The second-order valence-electron chi connectivity index (χ2n) is 7.50. The Morgan fingerprint density at radius 2 is 2.15 bits per heavy atom. The molecule has 0 bridgehead atoms. The van der Waals surface area contributed by atoms with E-state index in [0.717, 1.165) is 38.7 Å². The minimum Gasteiger partial charge on any atom is -0.381 e. The molecule has 0 aliphatic carbocycles. The maximum Gasteiger partial charge on any atom is 0.193 e. The zero-order chi connectivity index (χ0) is 18.7. The van der Waals surface area contributed by atoms with Gasteiger partial charge >= 0.3 is 0 Å². The molecule has 3 rings (SSSR count). The van der Waals surface area contributed by atoms with Crippen LogP contribution in [0.4, 0.5) is 0 Å². The third kappa shape index (κ3) is 4.04. The lowest BCUT2D eigenvalue weighted by molar-refractivity contribution is 0.181. The van der Waals surface area contributed by atoms with Crippen LogP contribution in [0.25, 0.3) is 10.9 Å². The monoisotopic (exact) mass is 356 g/mol. The Bertz CT molecular complexity index is 787. The van der Waals surface area contributed by atoms with E-state index in [1.54, 1.807) is 0 Å². The molecule has 2 aromatic rings. The summed E-state index contributed by atoms with van der Waals surface area (Å²) in [6.07, 6.45) is 1.14. The first-order valence-corrected chi connectivity index (χ1v) is 9.65. The van der Waals surface area contributed by atoms with Crippen LogP contribution in [0.15, 0.2) is 17.1 Å². The number of rotatable bonds is 5. The quantitative estimate of drug-likeness (QED) is 0.636. The molecule has 5 nitrogen and oxygen atoms in total. The molecule has 1 aliphatic heterocycles. The van der Waals surface area contributed by atoms with Gasteiger partial charge in [0, 0.05) is 43.7 Å². The molecule has 1 unspecified atom stereocenters. The summed E-state index contributed by atoms with van der Waals surface area (Å²) in [5, 5.41) is 4.74. The molecule has 0 amide bonds. The highest BCUT2D eigenvalue weighted by Crippen LogP contribution is 2.26. The SMILES string of the molecule is CCNC(=NCc1cc(C)cc2c(C)c(C)[nH]c12)N(C)CC1CCOC1. The summed E-state index contributed by atoms with van der Waals surface area (Å²) in [4.78, 5) is 10.7. The van der Waals surface area contributed by atoms with Gasteiger partial charge in [-0.15, -0.1) is 0 Å². The van der Waals surface area contributed by atoms with E-state index in [4.69, 9.17) is 9.73 Å². The maximum atomic E-state index is 5.51. The molecule has 1 fully saturated rings. The van der Waals surface area contributed by atoms with Crippen LogP contribution in [0, 0.1) is 26.7 Å². The molecule has 1 aromatic carbocycles. The van der Waals surface area contributed by atoms with E-state index >= 15 is 0 Å². The maximum absolute atomic E-state index is 5.51. The van der Waals surface area contributed by atoms with Gasteiger partial charge in [-0.2, -0.15) is 0 Å². The van der Waals surface area contributed by atoms with Crippen molar-refractivity contribution in [2.24, 2.45) is 10.9 Å². The number of aryl methyl sites for hydroxylation is 3. The number of H-pyrrole nitrogens is 1. The summed E-state index contributed by atoms with van der Waals surface area (Å²) in [7, 11) is 2.12. The van der Waals surface area contributed by atoms with E-state index in [1.165, 1.54) is 33.3 Å². The first kappa shape index (κ1) is 18.8. The van der Waals surface area contributed by atoms with Crippen molar-refractivity contribution in [1.29, 1.82) is 0 Å². The highest BCUT2D eigenvalue weighted by molar-refractivity contribution is 5.88. The first-order chi connectivity index (χ1) is 12.5. The van der Waals surface area contributed by atoms with Crippen molar-refractivity contribution in [3.05, 3.63) is 34.5 Å². The molecular formula is C21H32N4O. The van der Waals surface area contributed by atoms with E-state index in [-0.39, 0.29) is 0 Å². The smallest absolute Gasteiger partial charge is 0.193 e. The fraction of sp³-hybridized carbons (Fsp3) is 0.571. The summed E-state index contributed by atoms with van der Waals surface area (Å²) >= 11 is 0. The van der Waals surface area contributed by atoms with Crippen LogP contribution in [0.5, 0.6) is 0 Å². The van der Waals surface area contributed by atoms with Crippen LogP contribution in [0.1, 0.15) is 35.7 Å². The Morgan fingerprint density at radius 1 is 1.35 bits per heavy atom. The van der Waals surface area contributed by atoms with E-state index in [2.05, 4.69) is 62.1 Å². The van der Waals surface area contributed by atoms with Crippen LogP contribution in [0.3, 0.4) is 0 Å². The molecule has 5 heteroatoms. The van der Waals surface area contributed by atoms with E-state index < -0.39 is 0 Å². The van der Waals surface area contributed by atoms with Crippen molar-refractivity contribution in [3.8, 4) is 0 Å². The number of benzene rings is 1. The number of guanidine groups is 1. The average molecular weight is 357 g/mol. The van der Waals surface area contributed by atoms with Crippen molar-refractivity contribution < 1.29 is 4.74 Å². The molecular weight excluding hydrogens is 324 g/mol. The molecule has 1 atom stereocenters. The molecule has 2 N–H and O–H groups in total. The van der Waals surface area contributed by atoms with Gasteiger partial charge in [-0.25, -0.2) is 4.99 Å². The van der Waals surface area contributed by atoms with Gasteiger partial charge in [-0.1, -0.05) is 11.6 Å². The third-order valence-corrected chi connectivity index (χ3v) is 5.30. The Balaban J connectivity index is 1.83. The number of aromatic amines is 1. The van der Waals surface area contributed by atoms with Gasteiger partial charge in [0.25, 0.3) is 0 Å². The lowest BCUT2D eigenvalue weighted by atomic mass is 10.0. The number of aliphatic imine (C=N–C) groups is 1. The molecule has 26 heavy (non-hydrogen) atoms. The summed E-state index contributed by atoms with van der Waals surface area (Å²) in [5.41, 5.74) is 6.33. The Morgan fingerprint density at radius 3 is 2.85 bits per heavy atom. The van der Waals surface area contributed by atoms with Crippen molar-refractivity contribution >= 4 is 16.9 Å². The first-order valence-electron chi connectivity index (χ1n) is 9.65. The van der Waals surface area contributed by atoms with Gasteiger partial charge in [-0.05, 0) is 51.3 Å². The summed E-state index contributed by atoms with van der Waals surface area (Å²) < 4.78 is 5.51. The van der Waals surface area contributed by atoms with Crippen LogP contribution in [-0.4, -0.2) is 49.2 Å². The molecule has 142 valence electrons. The summed E-state index contributed by atoms with van der Waals surface area (Å²) in [5.74, 6) is 1.57. The summed E-state index contributed by atoms with van der Waals surface area (Å²) in [6, 6.07) is 4.51. The number of hydrogen-bond donors (Lipinski definition) is 2. The highest BCUT2D eigenvalue weighted by Gasteiger charge is 2.19. The molecule has 2 heterocycles. The lowest BCUT2D eigenvalue weighted by Crippen LogP contribution is -2.41. The van der Waals surface area contributed by atoms with Crippen LogP contribution in [0.2, 0.25) is 0 Å². The minimum absolute atomic E-state index is 0.600. The van der Waals surface area contributed by atoms with Gasteiger partial charge in [0.2, 0.25) is 0 Å². The van der Waals surface area contributed by atoms with E-state index in [0.29, 0.717) is 12.5 Å². The Hall–Kier alpha value is -2.01. The molecule has 1 aromatic heterocycles. The van der Waals surface area contributed by atoms with E-state index in [1.807, 2.05) is 0 Å². The average Bonchev–Trinajstić information content (AvgIpc) is 3.21. The number of ether oxygens (including phenoxy) is 1. The van der Waals surface area contributed by atoms with Crippen molar-refractivity contribution in [2.75, 3.05) is 33.4 Å². The minimum atomic E-state index is 0.600. The standard InChI is InChI=1S/C21H32N4O/c1-6-22-21(25(5)12-17-7-8-26-13-17)23-11-18-9-14(2)10-19-15(3)16(4)24-20(18)19/h9-10,17,24H,6-8,11-13H2,1-5H3,(H,22,23). The fourth-order valence-corrected chi connectivity index (χ4v) is 3.74. The van der Waals surface area contributed by atoms with Crippen molar-refractivity contribution in [3.63, 3.8) is 0 Å². The number of aromatic nitrogens is 1. The van der Waals surface area contributed by atoms with Crippen molar-refractivity contribution in [1.82, 2.24) is 15.2 Å². The second kappa shape index (κ2) is 8.12. The van der Waals surface area contributed by atoms with Gasteiger partial charge in [0.1, 0.15) is 0 Å². The van der Waals surface area contributed by atoms with Gasteiger partial charge < -0.3 is 19.9 Å². The Labute approximate surface area is 156 Å². The largest absolute Gasteiger partial charge is 0.381 e. The normalized spacial score (nSPS) is 17.9. The van der Waals surface area contributed by atoms with Gasteiger partial charge in [-0.3, -0.25) is 0 Å². The number of fused-ring (bicyclic) bond motifs is 1. The predicted molar refractivity (Wildman–Crippen MR) is 109 cm³/mol. The van der Waals surface area contributed by atoms with E-state index in [9.17, 15) is 0 Å². The molecule has 0 saturated carbocycles. The molecule has 0 radical (unpaired) electrons. The fourth-order valence-electron chi connectivity index (χ4n) is 3.74. The topological polar surface area (TPSA) is 52.7 Å². The summed E-state index contributed by atoms with van der Waals surface area (Å²) in [6.45, 7) is 12.9. The van der Waals surface area contributed by atoms with Crippen LogP contribution >= 0.6 is 0 Å². The zero-order valence-electron chi connectivity index (χ0n) is 16.8. The second-order valence-corrected chi connectivity index (χ2v) is 7.50. The number of hydrogen-bond acceptors (Lipinski definition) is 2. The molecule has 1 saturated heterocycles. The number of nitrogens with one attached hydrogen (secondary N) is 2. The predicted octanol–water partition coefficient (Wildman–Crippen LogP) is 3.53. The number of nitrogens with zero attached hydrogens (tertiary/aromatic N) is 2. The third-order valence-electron chi connectivity index (χ3n) is 5.30. The van der Waals surface area contributed by atoms with Gasteiger partial charge in [0.05, 0.1) is 18.7 Å². The lowest BCUT2D eigenvalue weighted by Gasteiger charge is -2.24. The van der Waals surface area contributed by atoms with Gasteiger partial charge in [0.15, 0.2) is 5.96 Å².